The quantitative estimate of drug-likeness (QED) is 0.728. The van der Waals surface area contributed by atoms with Gasteiger partial charge in [-0.15, -0.1) is 0 Å². The summed E-state index contributed by atoms with van der Waals surface area (Å²) in [5.74, 6) is -0.920. The average Bonchev–Trinajstić information content (AvgIpc) is 2.60. The van der Waals surface area contributed by atoms with E-state index >= 15 is 0 Å². The number of hydrogen-bond acceptors (Lipinski definition) is 4. The second-order valence-electron chi connectivity index (χ2n) is 8.64. The monoisotopic (exact) mass is 382 g/mol. The van der Waals surface area contributed by atoms with Crippen molar-refractivity contribution in [1.29, 1.82) is 0 Å². The van der Waals surface area contributed by atoms with Crippen LogP contribution in [0.1, 0.15) is 73.4 Å². The first-order valence-electron chi connectivity index (χ1n) is 9.04. The average molecular weight is 382 g/mol. The van der Waals surface area contributed by atoms with Crippen LogP contribution in [-0.4, -0.2) is 27.8 Å². The summed E-state index contributed by atoms with van der Waals surface area (Å²) in [4.78, 5) is 24.2. The van der Waals surface area contributed by atoms with Gasteiger partial charge in [0.05, 0.1) is 11.1 Å². The molecule has 0 radical (unpaired) electrons. The second-order valence-corrected chi connectivity index (χ2v) is 9.45. The summed E-state index contributed by atoms with van der Waals surface area (Å²) in [6, 6.07) is 14.6. The molecule has 0 spiro atoms. The van der Waals surface area contributed by atoms with E-state index < -0.39 is 27.8 Å². The molecule has 0 amide bonds. The van der Waals surface area contributed by atoms with Crippen molar-refractivity contribution in [3.8, 4) is 0 Å². The predicted octanol–water partition coefficient (Wildman–Crippen LogP) is 4.56. The van der Waals surface area contributed by atoms with Gasteiger partial charge in [0.15, 0.2) is 0 Å². The fraction of sp³-hybridized carbons (Fsp3) is 0.364. The molecule has 0 N–H and O–H groups in total. The normalized spacial score (nSPS) is 11.6. The lowest BCUT2D eigenvalue weighted by Gasteiger charge is -2.19. The minimum Gasteiger partial charge on any atom is -0.584 e. The van der Waals surface area contributed by atoms with Gasteiger partial charge in [0, 0.05) is 0 Å². The topological polar surface area (TPSA) is 52.6 Å². The van der Waals surface area contributed by atoms with Crippen molar-refractivity contribution in [3.63, 3.8) is 0 Å². The van der Waals surface area contributed by atoms with Crippen LogP contribution in [0.15, 0.2) is 48.5 Å². The smallest absolute Gasteiger partial charge is 0.584 e. The Morgan fingerprint density at radius 3 is 1.19 bits per heavy atom. The summed E-state index contributed by atoms with van der Waals surface area (Å²) in [6.07, 6.45) is 0. The molecule has 0 aliphatic heterocycles. The van der Waals surface area contributed by atoms with Crippen LogP contribution in [0.4, 0.5) is 0 Å². The Hall–Kier alpha value is -2.09. The molecule has 0 aromatic heterocycles. The third kappa shape index (κ3) is 5.95. The molecule has 27 heavy (non-hydrogen) atoms. The molecule has 0 aliphatic rings. The van der Waals surface area contributed by atoms with E-state index in [0.717, 1.165) is 11.1 Å². The summed E-state index contributed by atoms with van der Waals surface area (Å²) in [6.45, 7) is 12.7. The Labute approximate surface area is 168 Å². The minimum atomic E-state index is -1.74. The molecule has 2 rings (SSSR count). The second kappa shape index (κ2) is 8.29. The van der Waals surface area contributed by atoms with Crippen molar-refractivity contribution in [3.05, 3.63) is 70.8 Å². The van der Waals surface area contributed by atoms with Gasteiger partial charge in [-0.2, -0.15) is 0 Å². The van der Waals surface area contributed by atoms with Crippen LogP contribution >= 0.6 is 0 Å². The summed E-state index contributed by atoms with van der Waals surface area (Å²) >= 11 is -1.74. The summed E-state index contributed by atoms with van der Waals surface area (Å²) in [5, 5.41) is 0. The standard InChI is InChI=1S/2C11H14O2.Al.H/c2*1-11(2,3)9-6-4-8(5-7-9)10(12)13;;/h2*4-7H,1-3H3,(H,12,13);;/q;;+2;/p-2. The van der Waals surface area contributed by atoms with E-state index in [9.17, 15) is 9.59 Å². The predicted molar refractivity (Wildman–Crippen MR) is 108 cm³/mol. The van der Waals surface area contributed by atoms with Crippen LogP contribution in [0.25, 0.3) is 0 Å². The molecule has 0 unspecified atom stereocenters. The van der Waals surface area contributed by atoms with Gasteiger partial charge in [-0.05, 0) is 46.2 Å². The number of benzene rings is 2. The Kier molecular flexibility index (Phi) is 6.51. The van der Waals surface area contributed by atoms with Crippen LogP contribution in [0.5, 0.6) is 0 Å². The summed E-state index contributed by atoms with van der Waals surface area (Å²) in [5.41, 5.74) is 3.25. The highest BCUT2D eigenvalue weighted by Crippen LogP contribution is 2.23. The van der Waals surface area contributed by atoms with Crippen LogP contribution in [0.3, 0.4) is 0 Å². The van der Waals surface area contributed by atoms with Gasteiger partial charge in [-0.25, -0.2) is 9.59 Å². The molecule has 0 saturated carbocycles. The maximum atomic E-state index is 12.1. The SMILES string of the molecule is CC(C)(C)c1ccc(C(=O)[O][AlH][O]C(=O)c2ccc(C(C)(C)C)cc2)cc1. The maximum Gasteiger partial charge on any atom is 0.837 e. The molecule has 5 heteroatoms. The maximum absolute atomic E-state index is 12.1. The first-order chi connectivity index (χ1) is 12.5. The highest BCUT2D eigenvalue weighted by molar-refractivity contribution is 6.28. The number of carbonyl (C=O) groups excluding carboxylic acids is 2. The van der Waals surface area contributed by atoms with Gasteiger partial charge >= 0.3 is 27.8 Å². The molecule has 4 nitrogen and oxygen atoms in total. The van der Waals surface area contributed by atoms with Gasteiger partial charge in [-0.3, -0.25) is 0 Å². The molecule has 0 fully saturated rings. The Morgan fingerprint density at radius 2 is 0.926 bits per heavy atom. The van der Waals surface area contributed by atoms with Crippen LogP contribution in [0, 0.1) is 0 Å². The summed E-state index contributed by atoms with van der Waals surface area (Å²) < 4.78 is 10.4. The fourth-order valence-corrected chi connectivity index (χ4v) is 3.12. The van der Waals surface area contributed by atoms with Crippen molar-refractivity contribution in [1.82, 2.24) is 0 Å². The zero-order chi connectivity index (χ0) is 20.2. The molecule has 0 bridgehead atoms. The largest absolute Gasteiger partial charge is 0.837 e. The van der Waals surface area contributed by atoms with E-state index in [2.05, 4.69) is 41.5 Å². The molecule has 0 saturated heterocycles. The number of rotatable bonds is 4. The van der Waals surface area contributed by atoms with Crippen LogP contribution in [0.2, 0.25) is 0 Å². The molecule has 142 valence electrons. The lowest BCUT2D eigenvalue weighted by atomic mass is 9.87. The van der Waals surface area contributed by atoms with Crippen molar-refractivity contribution in [2.24, 2.45) is 0 Å². The van der Waals surface area contributed by atoms with E-state index in [4.69, 9.17) is 7.58 Å². The molecular formula is C22H27AlO4. The van der Waals surface area contributed by atoms with Crippen molar-refractivity contribution in [2.45, 2.75) is 52.4 Å². The fourth-order valence-electron chi connectivity index (χ4n) is 2.52. The highest BCUT2D eigenvalue weighted by atomic mass is 27.2. The zero-order valence-electron chi connectivity index (χ0n) is 17.0. The third-order valence-corrected chi connectivity index (χ3v) is 5.11. The first-order valence-corrected chi connectivity index (χ1v) is 10.2. The highest BCUT2D eigenvalue weighted by Gasteiger charge is 2.18. The van der Waals surface area contributed by atoms with Crippen molar-refractivity contribution < 1.29 is 17.2 Å². The lowest BCUT2D eigenvalue weighted by molar-refractivity contribution is 0.0632. The minimum absolute atomic E-state index is 0.0231. The van der Waals surface area contributed by atoms with Gasteiger partial charge in [0.25, 0.3) is 0 Å². The van der Waals surface area contributed by atoms with Gasteiger partial charge in [0.1, 0.15) is 0 Å². The molecule has 0 atom stereocenters. The Morgan fingerprint density at radius 1 is 0.630 bits per heavy atom. The van der Waals surface area contributed by atoms with Gasteiger partial charge in [-0.1, -0.05) is 65.8 Å². The van der Waals surface area contributed by atoms with Gasteiger partial charge < -0.3 is 7.58 Å². The van der Waals surface area contributed by atoms with Crippen molar-refractivity contribution >= 4 is 27.8 Å². The van der Waals surface area contributed by atoms with Crippen molar-refractivity contribution in [2.75, 3.05) is 0 Å². The van der Waals surface area contributed by atoms with E-state index in [-0.39, 0.29) is 10.8 Å². The van der Waals surface area contributed by atoms with E-state index in [1.54, 1.807) is 24.3 Å². The summed E-state index contributed by atoms with van der Waals surface area (Å²) in [7, 11) is 0. The molecule has 2 aromatic carbocycles. The first kappa shape index (κ1) is 21.2. The van der Waals surface area contributed by atoms with E-state index in [0.29, 0.717) is 11.1 Å². The van der Waals surface area contributed by atoms with E-state index in [1.165, 1.54) is 0 Å². The Balaban J connectivity index is 1.88. The molecular weight excluding hydrogens is 355 g/mol. The third-order valence-electron chi connectivity index (χ3n) is 4.35. The molecule has 0 aliphatic carbocycles. The lowest BCUT2D eigenvalue weighted by Crippen LogP contribution is -2.17. The van der Waals surface area contributed by atoms with E-state index in [1.807, 2.05) is 24.3 Å². The van der Waals surface area contributed by atoms with Crippen LogP contribution in [-0.2, 0) is 18.4 Å². The number of carbonyl (C=O) groups is 2. The van der Waals surface area contributed by atoms with Crippen LogP contribution < -0.4 is 0 Å². The zero-order valence-corrected chi connectivity index (χ0v) is 18.4. The molecule has 2 aromatic rings. The number of hydrogen-bond donors (Lipinski definition) is 0. The Bertz CT molecular complexity index is 725. The van der Waals surface area contributed by atoms with Gasteiger partial charge in [0.2, 0.25) is 0 Å². The molecule has 0 heterocycles.